The van der Waals surface area contributed by atoms with Crippen LogP contribution in [-0.2, 0) is 20.1 Å². The zero-order valence-electron chi connectivity index (χ0n) is 25.1. The molecule has 0 radical (unpaired) electrons. The fourth-order valence-corrected chi connectivity index (χ4v) is 6.46. The predicted molar refractivity (Wildman–Crippen MR) is 159 cm³/mol. The van der Waals surface area contributed by atoms with Gasteiger partial charge in [-0.2, -0.15) is 11.8 Å². The molecule has 0 spiro atoms. The van der Waals surface area contributed by atoms with Crippen LogP contribution >= 0.6 is 11.8 Å². The number of hydrogen-bond donors (Lipinski definition) is 3. The number of hydrogen-bond acceptors (Lipinski definition) is 8. The third-order valence-electron chi connectivity index (χ3n) is 7.97. The zero-order chi connectivity index (χ0) is 30.1. The topological polar surface area (TPSA) is 131 Å². The highest BCUT2D eigenvalue weighted by Crippen LogP contribution is 2.45. The van der Waals surface area contributed by atoms with Crippen molar-refractivity contribution >= 4 is 46.2 Å². The predicted octanol–water partition coefficient (Wildman–Crippen LogP) is 5.10. The van der Waals surface area contributed by atoms with Crippen molar-refractivity contribution < 1.29 is 38.2 Å². The first kappa shape index (κ1) is 33.2. The van der Waals surface area contributed by atoms with Gasteiger partial charge in [-0.25, -0.2) is 9.59 Å². The summed E-state index contributed by atoms with van der Waals surface area (Å²) in [5.74, 6) is -1.51. The van der Waals surface area contributed by atoms with E-state index in [0.29, 0.717) is 22.6 Å². The van der Waals surface area contributed by atoms with Crippen LogP contribution in [0.5, 0.6) is 11.5 Å². The lowest BCUT2D eigenvalue weighted by molar-refractivity contribution is -0.143. The maximum Gasteiger partial charge on any atom is 0.339 e. The average Bonchev–Trinajstić information content (AvgIpc) is 2.76. The second-order valence-corrected chi connectivity index (χ2v) is 23.6. The van der Waals surface area contributed by atoms with Crippen molar-refractivity contribution in [3.05, 3.63) is 22.8 Å². The van der Waals surface area contributed by atoms with Crippen molar-refractivity contribution in [2.45, 2.75) is 103 Å². The molecule has 2 rings (SSSR count). The maximum absolute atomic E-state index is 13.5. The van der Waals surface area contributed by atoms with Crippen LogP contribution in [0.15, 0.2) is 6.07 Å². The number of aliphatic carboxylic acids is 1. The minimum atomic E-state index is -2.38. The molecular formula is C27H45NO8SSi2. The minimum absolute atomic E-state index is 0.0308. The van der Waals surface area contributed by atoms with Crippen LogP contribution in [0.3, 0.4) is 0 Å². The van der Waals surface area contributed by atoms with Gasteiger partial charge in [-0.15, -0.1) is 0 Å². The molecule has 1 aliphatic rings. The van der Waals surface area contributed by atoms with Gasteiger partial charge in [0, 0.05) is 28.7 Å². The summed E-state index contributed by atoms with van der Waals surface area (Å²) in [4.78, 5) is 37.6. The van der Waals surface area contributed by atoms with E-state index in [1.165, 1.54) is 11.8 Å². The number of rotatable bonds is 5. The van der Waals surface area contributed by atoms with Crippen LogP contribution in [0.2, 0.25) is 36.3 Å². The second-order valence-electron chi connectivity index (χ2n) is 13.1. The van der Waals surface area contributed by atoms with E-state index < -0.39 is 53.2 Å². The molecule has 0 aromatic heterocycles. The number of carboxylic acids is 1. The molecule has 12 heteroatoms. The van der Waals surface area contributed by atoms with E-state index >= 15 is 0 Å². The third kappa shape index (κ3) is 7.80. The second kappa shape index (κ2) is 11.8. The summed E-state index contributed by atoms with van der Waals surface area (Å²) < 4.78 is 18.9. The fraction of sp³-hybridized carbons (Fsp3) is 0.667. The fourth-order valence-electron chi connectivity index (χ4n) is 3.28. The van der Waals surface area contributed by atoms with E-state index in [-0.39, 0.29) is 27.1 Å². The Bertz CT molecular complexity index is 1110. The Morgan fingerprint density at radius 3 is 2.03 bits per heavy atom. The van der Waals surface area contributed by atoms with Gasteiger partial charge in [-0.1, -0.05) is 41.5 Å². The van der Waals surface area contributed by atoms with Gasteiger partial charge in [-0.05, 0) is 43.2 Å². The van der Waals surface area contributed by atoms with Gasteiger partial charge in [-0.3, -0.25) is 4.79 Å². The van der Waals surface area contributed by atoms with Crippen LogP contribution in [0.4, 0.5) is 0 Å². The Morgan fingerprint density at radius 2 is 1.54 bits per heavy atom. The number of amides is 1. The number of cyclic esters (lactones) is 1. The van der Waals surface area contributed by atoms with Crippen molar-refractivity contribution in [2.75, 3.05) is 12.4 Å². The van der Waals surface area contributed by atoms with Crippen LogP contribution in [0.25, 0.3) is 0 Å². The number of ether oxygens (including phenoxy) is 1. The molecule has 220 valence electrons. The molecule has 9 nitrogen and oxygen atoms in total. The highest BCUT2D eigenvalue weighted by atomic mass is 32.2. The molecule has 1 amide bonds. The normalized spacial score (nSPS) is 20.1. The first-order valence-corrected chi connectivity index (χ1v) is 20.1. The first-order valence-electron chi connectivity index (χ1n) is 13.1. The Morgan fingerprint density at radius 1 is 1.03 bits per heavy atom. The van der Waals surface area contributed by atoms with Gasteiger partial charge in [0.05, 0.1) is 5.56 Å². The number of nitrogens with one attached hydrogen (secondary N) is 1. The maximum atomic E-state index is 13.5. The van der Waals surface area contributed by atoms with Crippen molar-refractivity contribution in [1.82, 2.24) is 5.32 Å². The first-order chi connectivity index (χ1) is 17.6. The molecule has 0 bridgehead atoms. The van der Waals surface area contributed by atoms with E-state index in [4.69, 9.17) is 13.6 Å². The zero-order valence-corrected chi connectivity index (χ0v) is 27.9. The standard InChI is InChI=1S/C27H45NO8SSi2/c1-16-20(35-38(8,9)26(2,3)4)12-21(36-39(10,11)27(5,6)7)17-14-37-15-18(24(31)32)28-23(30)19(29)13-34-25(33)22(16)17/h12,18-19,29H,13-15H2,1-11H3,(H,28,30)(H,31,32)/t18-,19-/m0/s1. The van der Waals surface area contributed by atoms with Gasteiger partial charge >= 0.3 is 11.9 Å². The number of carboxylic acid groups (broad SMARTS) is 1. The number of carbonyl (C=O) groups is 3. The lowest BCUT2D eigenvalue weighted by Gasteiger charge is -2.39. The number of esters is 1. The SMILES string of the molecule is Cc1c(O[Si](C)(C)C(C)(C)C)cc(O[Si](C)(C)C(C)(C)C)c2c1C(=O)OC[C@H](O)C(=O)N[C@H](C(=O)O)CSC2. The molecule has 2 atom stereocenters. The number of aliphatic hydroxyl groups excluding tert-OH is 1. The summed E-state index contributed by atoms with van der Waals surface area (Å²) in [6, 6.07) is 0.642. The number of carbonyl (C=O) groups excluding carboxylic acids is 2. The Kier molecular flexibility index (Phi) is 10.1. The van der Waals surface area contributed by atoms with Crippen LogP contribution < -0.4 is 14.2 Å². The molecule has 3 N–H and O–H groups in total. The number of benzene rings is 1. The van der Waals surface area contributed by atoms with E-state index in [9.17, 15) is 24.6 Å². The Labute approximate surface area is 238 Å². The van der Waals surface area contributed by atoms with Crippen molar-refractivity contribution in [1.29, 1.82) is 0 Å². The van der Waals surface area contributed by atoms with Crippen LogP contribution in [0.1, 0.15) is 63.0 Å². The van der Waals surface area contributed by atoms with Gasteiger partial charge < -0.3 is 29.1 Å². The summed E-state index contributed by atoms with van der Waals surface area (Å²) in [7, 11) is -4.70. The summed E-state index contributed by atoms with van der Waals surface area (Å²) >= 11 is 1.25. The largest absolute Gasteiger partial charge is 0.543 e. The van der Waals surface area contributed by atoms with Crippen LogP contribution in [0, 0.1) is 6.92 Å². The number of aliphatic hydroxyl groups is 1. The molecule has 0 aliphatic carbocycles. The Balaban J connectivity index is 2.78. The average molecular weight is 600 g/mol. The summed E-state index contributed by atoms with van der Waals surface area (Å²) in [5, 5.41) is 22.0. The third-order valence-corrected chi connectivity index (χ3v) is 17.7. The highest BCUT2D eigenvalue weighted by molar-refractivity contribution is 7.98. The number of fused-ring (bicyclic) bond motifs is 1. The van der Waals surface area contributed by atoms with Gasteiger partial charge in [0.1, 0.15) is 24.1 Å². The molecule has 0 saturated carbocycles. The summed E-state index contributed by atoms with van der Waals surface area (Å²) in [6.45, 7) is 22.4. The molecule has 39 heavy (non-hydrogen) atoms. The monoisotopic (exact) mass is 599 g/mol. The summed E-state index contributed by atoms with van der Waals surface area (Å²) in [5.41, 5.74) is 1.42. The molecule has 0 unspecified atom stereocenters. The van der Waals surface area contributed by atoms with Gasteiger partial charge in [0.25, 0.3) is 5.91 Å². The van der Waals surface area contributed by atoms with E-state index in [1.807, 2.05) is 6.07 Å². The molecular weight excluding hydrogens is 555 g/mol. The molecule has 0 fully saturated rings. The number of thioether (sulfide) groups is 1. The highest BCUT2D eigenvalue weighted by Gasteiger charge is 2.42. The minimum Gasteiger partial charge on any atom is -0.543 e. The molecule has 1 aromatic rings. The molecule has 1 aliphatic heterocycles. The van der Waals surface area contributed by atoms with E-state index in [2.05, 4.69) is 73.0 Å². The van der Waals surface area contributed by atoms with Gasteiger partial charge in [0.2, 0.25) is 16.6 Å². The van der Waals surface area contributed by atoms with Crippen molar-refractivity contribution in [3.8, 4) is 11.5 Å². The molecule has 1 aromatic carbocycles. The molecule has 0 saturated heterocycles. The lowest BCUT2D eigenvalue weighted by Crippen LogP contribution is -2.48. The summed E-state index contributed by atoms with van der Waals surface area (Å²) in [6.07, 6.45) is -1.71. The van der Waals surface area contributed by atoms with Gasteiger partial charge in [0.15, 0.2) is 6.10 Å². The van der Waals surface area contributed by atoms with Crippen molar-refractivity contribution in [3.63, 3.8) is 0 Å². The van der Waals surface area contributed by atoms with E-state index in [1.54, 1.807) is 6.92 Å². The Hall–Kier alpha value is -2.03. The quantitative estimate of drug-likeness (QED) is 0.313. The van der Waals surface area contributed by atoms with E-state index in [0.717, 1.165) is 0 Å². The van der Waals surface area contributed by atoms with Crippen LogP contribution in [-0.4, -0.2) is 69.2 Å². The molecule has 1 heterocycles. The smallest absolute Gasteiger partial charge is 0.339 e. The van der Waals surface area contributed by atoms with Crippen molar-refractivity contribution in [2.24, 2.45) is 0 Å². The lowest BCUT2D eigenvalue weighted by atomic mass is 10.0.